The molecule has 1 aromatic carbocycles. The summed E-state index contributed by atoms with van der Waals surface area (Å²) >= 11 is 1.54. The van der Waals surface area contributed by atoms with Crippen molar-refractivity contribution in [1.82, 2.24) is 20.7 Å². The standard InChI is InChI=1S/C13H14N4O3S/c18-12(14-3-4-21-13-7-15-17-16-13)6-9-1-2-10-11(5-9)20-8-19-10/h1-2,5,7H,3-4,6,8H2,(H,14,18)(H,15,16,17). The summed E-state index contributed by atoms with van der Waals surface area (Å²) in [4.78, 5) is 11.8. The predicted molar refractivity (Wildman–Crippen MR) is 76.4 cm³/mol. The molecule has 0 unspecified atom stereocenters. The van der Waals surface area contributed by atoms with Gasteiger partial charge in [-0.3, -0.25) is 4.79 Å². The quantitative estimate of drug-likeness (QED) is 0.611. The molecule has 1 amide bonds. The molecule has 1 aliphatic heterocycles. The highest BCUT2D eigenvalue weighted by molar-refractivity contribution is 7.99. The number of aromatic nitrogens is 3. The third-order valence-corrected chi connectivity index (χ3v) is 3.77. The Bertz CT molecular complexity index is 618. The van der Waals surface area contributed by atoms with E-state index in [1.807, 2.05) is 18.2 Å². The molecule has 0 radical (unpaired) electrons. The zero-order valence-electron chi connectivity index (χ0n) is 11.2. The Balaban J connectivity index is 1.41. The summed E-state index contributed by atoms with van der Waals surface area (Å²) in [5.41, 5.74) is 0.904. The molecule has 1 aromatic heterocycles. The first-order valence-electron chi connectivity index (χ1n) is 6.45. The van der Waals surface area contributed by atoms with Gasteiger partial charge in [-0.1, -0.05) is 6.07 Å². The summed E-state index contributed by atoms with van der Waals surface area (Å²) in [6.07, 6.45) is 1.98. The van der Waals surface area contributed by atoms with Gasteiger partial charge in [-0.25, -0.2) is 0 Å². The van der Waals surface area contributed by atoms with E-state index in [0.717, 1.165) is 22.1 Å². The van der Waals surface area contributed by atoms with Crippen LogP contribution in [-0.2, 0) is 11.2 Å². The molecule has 1 aliphatic rings. The molecule has 2 N–H and O–H groups in total. The number of H-pyrrole nitrogens is 1. The SMILES string of the molecule is O=C(Cc1ccc2c(c1)OCO2)NCCSc1cn[nH]n1. The fourth-order valence-corrected chi connectivity index (χ4v) is 2.55. The van der Waals surface area contributed by atoms with E-state index in [1.165, 1.54) is 11.8 Å². The van der Waals surface area contributed by atoms with E-state index in [4.69, 9.17) is 9.47 Å². The first kappa shape index (κ1) is 13.7. The predicted octanol–water partition coefficient (Wildman–Crippen LogP) is 0.984. The minimum absolute atomic E-state index is 0.0189. The third kappa shape index (κ3) is 3.66. The van der Waals surface area contributed by atoms with Crippen molar-refractivity contribution in [2.45, 2.75) is 11.4 Å². The molecular formula is C13H14N4O3S. The molecule has 8 heteroatoms. The molecule has 2 heterocycles. The fourth-order valence-electron chi connectivity index (χ4n) is 1.91. The van der Waals surface area contributed by atoms with Crippen molar-refractivity contribution in [3.63, 3.8) is 0 Å². The lowest BCUT2D eigenvalue weighted by Crippen LogP contribution is -2.27. The molecule has 7 nitrogen and oxygen atoms in total. The third-order valence-electron chi connectivity index (χ3n) is 2.87. The number of nitrogens with one attached hydrogen (secondary N) is 2. The molecular weight excluding hydrogens is 292 g/mol. The summed E-state index contributed by atoms with van der Waals surface area (Å²) in [7, 11) is 0. The van der Waals surface area contributed by atoms with Gasteiger partial charge in [-0.2, -0.15) is 10.3 Å². The highest BCUT2D eigenvalue weighted by Crippen LogP contribution is 2.32. The number of aromatic amines is 1. The Hall–Kier alpha value is -2.22. The second-order valence-electron chi connectivity index (χ2n) is 4.37. The number of ether oxygens (including phenoxy) is 2. The van der Waals surface area contributed by atoms with E-state index in [9.17, 15) is 4.79 Å². The summed E-state index contributed by atoms with van der Waals surface area (Å²) < 4.78 is 10.5. The van der Waals surface area contributed by atoms with Gasteiger partial charge in [0.15, 0.2) is 11.5 Å². The number of carbonyl (C=O) groups excluding carboxylic acids is 1. The summed E-state index contributed by atoms with van der Waals surface area (Å²) in [6, 6.07) is 5.54. The first-order valence-corrected chi connectivity index (χ1v) is 7.43. The van der Waals surface area contributed by atoms with Gasteiger partial charge in [0.25, 0.3) is 0 Å². The largest absolute Gasteiger partial charge is 0.454 e. The van der Waals surface area contributed by atoms with E-state index < -0.39 is 0 Å². The number of nitrogens with zero attached hydrogens (tertiary/aromatic N) is 2. The van der Waals surface area contributed by atoms with E-state index in [2.05, 4.69) is 20.7 Å². The second-order valence-corrected chi connectivity index (χ2v) is 5.49. The average molecular weight is 306 g/mol. The van der Waals surface area contributed by atoms with Crippen molar-refractivity contribution >= 4 is 17.7 Å². The van der Waals surface area contributed by atoms with Gasteiger partial charge < -0.3 is 14.8 Å². The fraction of sp³-hybridized carbons (Fsp3) is 0.308. The normalized spacial score (nSPS) is 12.4. The summed E-state index contributed by atoms with van der Waals surface area (Å²) in [6.45, 7) is 0.825. The van der Waals surface area contributed by atoms with Crippen LogP contribution in [0.4, 0.5) is 0 Å². The number of benzene rings is 1. The Morgan fingerprint density at radius 3 is 3.14 bits per heavy atom. The van der Waals surface area contributed by atoms with Crippen molar-refractivity contribution in [2.24, 2.45) is 0 Å². The maximum atomic E-state index is 11.8. The van der Waals surface area contributed by atoms with E-state index in [0.29, 0.717) is 18.7 Å². The number of thioether (sulfide) groups is 1. The van der Waals surface area contributed by atoms with Gasteiger partial charge in [0.1, 0.15) is 5.03 Å². The number of carbonyl (C=O) groups is 1. The Kier molecular flexibility index (Phi) is 4.25. The van der Waals surface area contributed by atoms with Gasteiger partial charge in [-0.05, 0) is 17.7 Å². The highest BCUT2D eigenvalue weighted by atomic mass is 32.2. The van der Waals surface area contributed by atoms with Crippen LogP contribution in [0.5, 0.6) is 11.5 Å². The van der Waals surface area contributed by atoms with Crippen molar-refractivity contribution in [3.8, 4) is 11.5 Å². The summed E-state index contributed by atoms with van der Waals surface area (Å²) in [5, 5.41) is 13.9. The van der Waals surface area contributed by atoms with Crippen LogP contribution in [-0.4, -0.2) is 40.4 Å². The molecule has 2 aromatic rings. The maximum absolute atomic E-state index is 11.8. The van der Waals surface area contributed by atoms with Crippen LogP contribution in [0, 0.1) is 0 Å². The summed E-state index contributed by atoms with van der Waals surface area (Å²) in [5.74, 6) is 2.15. The lowest BCUT2D eigenvalue weighted by Gasteiger charge is -2.05. The van der Waals surface area contributed by atoms with E-state index in [-0.39, 0.29) is 12.7 Å². The number of amides is 1. The van der Waals surface area contributed by atoms with Crippen LogP contribution < -0.4 is 14.8 Å². The molecule has 3 rings (SSSR count). The van der Waals surface area contributed by atoms with Crippen LogP contribution in [0.1, 0.15) is 5.56 Å². The first-order chi connectivity index (χ1) is 10.3. The Morgan fingerprint density at radius 1 is 1.38 bits per heavy atom. The monoisotopic (exact) mass is 306 g/mol. The number of rotatable bonds is 6. The van der Waals surface area contributed by atoms with E-state index in [1.54, 1.807) is 6.20 Å². The molecule has 21 heavy (non-hydrogen) atoms. The molecule has 110 valence electrons. The van der Waals surface area contributed by atoms with Crippen LogP contribution in [0.2, 0.25) is 0 Å². The van der Waals surface area contributed by atoms with Crippen molar-refractivity contribution in [1.29, 1.82) is 0 Å². The molecule has 0 fully saturated rings. The van der Waals surface area contributed by atoms with Gasteiger partial charge in [0.05, 0.1) is 12.6 Å². The zero-order valence-corrected chi connectivity index (χ0v) is 12.0. The van der Waals surface area contributed by atoms with Gasteiger partial charge in [0.2, 0.25) is 12.7 Å². The molecule has 0 bridgehead atoms. The average Bonchev–Trinajstić information content (AvgIpc) is 3.14. The minimum Gasteiger partial charge on any atom is -0.454 e. The van der Waals surface area contributed by atoms with Gasteiger partial charge >= 0.3 is 0 Å². The highest BCUT2D eigenvalue weighted by Gasteiger charge is 2.14. The van der Waals surface area contributed by atoms with Crippen molar-refractivity contribution < 1.29 is 14.3 Å². The molecule has 0 saturated heterocycles. The smallest absolute Gasteiger partial charge is 0.231 e. The minimum atomic E-state index is -0.0189. The molecule has 0 aliphatic carbocycles. The van der Waals surface area contributed by atoms with Crippen LogP contribution in [0.15, 0.2) is 29.4 Å². The zero-order chi connectivity index (χ0) is 14.5. The lowest BCUT2D eigenvalue weighted by molar-refractivity contribution is -0.120. The molecule has 0 saturated carbocycles. The Labute approximate surface area is 125 Å². The topological polar surface area (TPSA) is 89.1 Å². The maximum Gasteiger partial charge on any atom is 0.231 e. The van der Waals surface area contributed by atoms with Crippen LogP contribution in [0.25, 0.3) is 0 Å². The Morgan fingerprint density at radius 2 is 2.29 bits per heavy atom. The lowest BCUT2D eigenvalue weighted by atomic mass is 10.1. The van der Waals surface area contributed by atoms with Crippen LogP contribution >= 0.6 is 11.8 Å². The van der Waals surface area contributed by atoms with Gasteiger partial charge in [-0.15, -0.1) is 16.9 Å². The van der Waals surface area contributed by atoms with Crippen molar-refractivity contribution in [3.05, 3.63) is 30.0 Å². The molecule has 0 atom stereocenters. The van der Waals surface area contributed by atoms with Gasteiger partial charge in [0, 0.05) is 12.3 Å². The molecule has 0 spiro atoms. The van der Waals surface area contributed by atoms with Crippen molar-refractivity contribution in [2.75, 3.05) is 19.1 Å². The second kappa shape index (κ2) is 6.49. The number of fused-ring (bicyclic) bond motifs is 1. The number of hydrogen-bond donors (Lipinski definition) is 2. The van der Waals surface area contributed by atoms with E-state index >= 15 is 0 Å². The number of hydrogen-bond acceptors (Lipinski definition) is 6. The van der Waals surface area contributed by atoms with Crippen LogP contribution in [0.3, 0.4) is 0 Å².